The molecule has 4 rings (SSSR count). The number of nitrogens with two attached hydrogens (primary N) is 1. The third kappa shape index (κ3) is 2.18. The van der Waals surface area contributed by atoms with E-state index in [2.05, 4.69) is 34.7 Å². The van der Waals surface area contributed by atoms with E-state index in [4.69, 9.17) is 10.8 Å². The van der Waals surface area contributed by atoms with Crippen LogP contribution in [0.25, 0.3) is 10.2 Å². The summed E-state index contributed by atoms with van der Waals surface area (Å²) in [5.41, 5.74) is 5.59. The van der Waals surface area contributed by atoms with Crippen LogP contribution >= 0.6 is 11.3 Å². The molecule has 0 radical (unpaired) electrons. The second-order valence-electron chi connectivity index (χ2n) is 5.42. The second kappa shape index (κ2) is 5.09. The summed E-state index contributed by atoms with van der Waals surface area (Å²) in [7, 11) is 0. The Balaban J connectivity index is 1.74. The van der Waals surface area contributed by atoms with E-state index < -0.39 is 0 Å². The van der Waals surface area contributed by atoms with Crippen molar-refractivity contribution in [2.24, 2.45) is 5.84 Å². The number of thiophene rings is 1. The number of hydrogen-bond donors (Lipinski definition) is 2. The molecule has 0 bridgehead atoms. The average molecular weight is 296 g/mol. The fourth-order valence-electron chi connectivity index (χ4n) is 3.08. The number of aromatic nitrogens is 2. The molecule has 0 amide bonds. The Morgan fingerprint density at radius 3 is 2.86 bits per heavy atom. The minimum absolute atomic E-state index is 0.374. The van der Waals surface area contributed by atoms with Gasteiger partial charge in [0.2, 0.25) is 0 Å². The third-order valence-corrected chi connectivity index (χ3v) is 5.00. The van der Waals surface area contributed by atoms with Gasteiger partial charge in [0.25, 0.3) is 0 Å². The van der Waals surface area contributed by atoms with E-state index in [9.17, 15) is 0 Å². The van der Waals surface area contributed by atoms with Crippen molar-refractivity contribution >= 4 is 27.4 Å². The van der Waals surface area contributed by atoms with Crippen molar-refractivity contribution in [2.75, 3.05) is 5.43 Å². The number of hydrazine groups is 1. The predicted octanol–water partition coefficient (Wildman–Crippen LogP) is 3.25. The Kier molecular flexibility index (Phi) is 3.09. The predicted molar refractivity (Wildman–Crippen MR) is 86.4 cm³/mol. The molecule has 4 nitrogen and oxygen atoms in total. The zero-order valence-electron chi connectivity index (χ0n) is 11.5. The van der Waals surface area contributed by atoms with Crippen molar-refractivity contribution in [3.8, 4) is 0 Å². The number of nitrogens with one attached hydrogen (secondary N) is 1. The molecule has 1 aliphatic carbocycles. The number of rotatable bonds is 2. The topological polar surface area (TPSA) is 63.8 Å². The smallest absolute Gasteiger partial charge is 0.152 e. The maximum Gasteiger partial charge on any atom is 0.152 e. The zero-order valence-corrected chi connectivity index (χ0v) is 12.4. The maximum atomic E-state index is 5.61. The van der Waals surface area contributed by atoms with Crippen molar-refractivity contribution in [1.82, 2.24) is 9.97 Å². The number of benzene rings is 1. The van der Waals surface area contributed by atoms with E-state index in [1.165, 1.54) is 11.1 Å². The summed E-state index contributed by atoms with van der Waals surface area (Å²) in [6, 6.07) is 10.7. The number of nitrogens with zero attached hydrogens (tertiary/aromatic N) is 2. The summed E-state index contributed by atoms with van der Waals surface area (Å²) >= 11 is 1.63. The molecular weight excluding hydrogens is 280 g/mol. The molecule has 1 atom stereocenters. The zero-order chi connectivity index (χ0) is 14.2. The van der Waals surface area contributed by atoms with Gasteiger partial charge in [0.15, 0.2) is 5.82 Å². The van der Waals surface area contributed by atoms with Crippen molar-refractivity contribution in [3.05, 3.63) is 52.7 Å². The Morgan fingerprint density at radius 1 is 1.14 bits per heavy atom. The lowest BCUT2D eigenvalue weighted by atomic mass is 9.83. The lowest BCUT2D eigenvalue weighted by molar-refractivity contribution is 0.558. The molecule has 0 spiro atoms. The molecule has 1 unspecified atom stereocenters. The standard InChI is InChI=1S/C16H16N4S/c17-20-15-13-7-8-21-16(13)19-14(18-15)12-6-5-10-3-1-2-4-11(10)9-12/h1-4,7-8,12H,5-6,9,17H2,(H,18,19,20). The van der Waals surface area contributed by atoms with Gasteiger partial charge >= 0.3 is 0 Å². The molecule has 0 saturated heterocycles. The minimum atomic E-state index is 0.374. The van der Waals surface area contributed by atoms with Gasteiger partial charge in [-0.2, -0.15) is 0 Å². The molecule has 0 fully saturated rings. The number of fused-ring (bicyclic) bond motifs is 2. The summed E-state index contributed by atoms with van der Waals surface area (Å²) in [5, 5.41) is 3.03. The van der Waals surface area contributed by atoms with Gasteiger partial charge in [-0.1, -0.05) is 24.3 Å². The van der Waals surface area contributed by atoms with E-state index in [1.54, 1.807) is 11.3 Å². The normalized spacial score (nSPS) is 17.7. The Morgan fingerprint density at radius 2 is 2.00 bits per heavy atom. The molecule has 0 saturated carbocycles. The summed E-state index contributed by atoms with van der Waals surface area (Å²) < 4.78 is 0. The largest absolute Gasteiger partial charge is 0.308 e. The van der Waals surface area contributed by atoms with Crippen LogP contribution in [-0.2, 0) is 12.8 Å². The lowest BCUT2D eigenvalue weighted by Gasteiger charge is -2.23. The maximum absolute atomic E-state index is 5.61. The highest BCUT2D eigenvalue weighted by molar-refractivity contribution is 7.16. The average Bonchev–Trinajstić information content (AvgIpc) is 3.02. The van der Waals surface area contributed by atoms with Crippen LogP contribution in [0, 0.1) is 0 Å². The van der Waals surface area contributed by atoms with Crippen LogP contribution in [0.5, 0.6) is 0 Å². The van der Waals surface area contributed by atoms with Crippen LogP contribution in [0.3, 0.4) is 0 Å². The highest BCUT2D eigenvalue weighted by atomic mass is 32.1. The Hall–Kier alpha value is -1.98. The van der Waals surface area contributed by atoms with Gasteiger partial charge in [0.05, 0.1) is 5.39 Å². The van der Waals surface area contributed by atoms with Crippen LogP contribution in [0.15, 0.2) is 35.7 Å². The van der Waals surface area contributed by atoms with Gasteiger partial charge in [-0.05, 0) is 41.8 Å². The van der Waals surface area contributed by atoms with Crippen LogP contribution in [-0.4, -0.2) is 9.97 Å². The molecule has 1 aliphatic rings. The number of anilines is 1. The quantitative estimate of drug-likeness (QED) is 0.563. The minimum Gasteiger partial charge on any atom is -0.308 e. The molecular formula is C16H16N4S. The number of aryl methyl sites for hydroxylation is 1. The van der Waals surface area contributed by atoms with E-state index >= 15 is 0 Å². The van der Waals surface area contributed by atoms with Crippen LogP contribution in [0.1, 0.15) is 29.3 Å². The van der Waals surface area contributed by atoms with Gasteiger partial charge in [-0.25, -0.2) is 15.8 Å². The summed E-state index contributed by atoms with van der Waals surface area (Å²) in [6.45, 7) is 0. The first-order valence-corrected chi connectivity index (χ1v) is 8.01. The highest BCUT2D eigenvalue weighted by Gasteiger charge is 2.23. The van der Waals surface area contributed by atoms with Crippen molar-refractivity contribution in [1.29, 1.82) is 0 Å². The van der Waals surface area contributed by atoms with Crippen molar-refractivity contribution < 1.29 is 0 Å². The fourth-order valence-corrected chi connectivity index (χ4v) is 3.85. The second-order valence-corrected chi connectivity index (χ2v) is 6.32. The van der Waals surface area contributed by atoms with Crippen LogP contribution < -0.4 is 11.3 Å². The fraction of sp³-hybridized carbons (Fsp3) is 0.250. The molecule has 5 heteroatoms. The van der Waals surface area contributed by atoms with Gasteiger partial charge in [0.1, 0.15) is 10.7 Å². The Bertz CT molecular complexity index is 796. The monoisotopic (exact) mass is 296 g/mol. The Labute approximate surface area is 127 Å². The van der Waals surface area contributed by atoms with Crippen molar-refractivity contribution in [2.45, 2.75) is 25.2 Å². The lowest BCUT2D eigenvalue weighted by Crippen LogP contribution is -2.17. The van der Waals surface area contributed by atoms with Gasteiger partial charge in [0, 0.05) is 5.92 Å². The van der Waals surface area contributed by atoms with Crippen LogP contribution in [0.4, 0.5) is 5.82 Å². The molecule has 0 aliphatic heterocycles. The summed E-state index contributed by atoms with van der Waals surface area (Å²) in [5.74, 6) is 7.63. The van der Waals surface area contributed by atoms with E-state index in [1.807, 2.05) is 11.4 Å². The summed E-state index contributed by atoms with van der Waals surface area (Å²) in [6.07, 6.45) is 3.20. The van der Waals surface area contributed by atoms with Gasteiger partial charge < -0.3 is 5.43 Å². The van der Waals surface area contributed by atoms with Crippen LogP contribution in [0.2, 0.25) is 0 Å². The molecule has 3 N–H and O–H groups in total. The third-order valence-electron chi connectivity index (χ3n) is 4.19. The van der Waals surface area contributed by atoms with Gasteiger partial charge in [-0.15, -0.1) is 11.3 Å². The van der Waals surface area contributed by atoms with E-state index in [0.717, 1.165) is 41.1 Å². The van der Waals surface area contributed by atoms with Gasteiger partial charge in [-0.3, -0.25) is 0 Å². The number of nitrogen functional groups attached to an aromatic ring is 1. The first-order chi connectivity index (χ1) is 10.3. The molecule has 1 aromatic carbocycles. The van der Waals surface area contributed by atoms with Crippen molar-refractivity contribution in [3.63, 3.8) is 0 Å². The molecule has 2 heterocycles. The summed E-state index contributed by atoms with van der Waals surface area (Å²) in [4.78, 5) is 10.4. The molecule has 21 heavy (non-hydrogen) atoms. The molecule has 106 valence electrons. The SMILES string of the molecule is NNc1nc(C2CCc3ccccc3C2)nc2sccc12. The van der Waals surface area contributed by atoms with E-state index in [0.29, 0.717) is 5.92 Å². The molecule has 2 aromatic heterocycles. The molecule has 3 aromatic rings. The highest BCUT2D eigenvalue weighted by Crippen LogP contribution is 2.33. The number of hydrogen-bond acceptors (Lipinski definition) is 5. The van der Waals surface area contributed by atoms with E-state index in [-0.39, 0.29) is 0 Å². The first-order valence-electron chi connectivity index (χ1n) is 7.13. The first kappa shape index (κ1) is 12.7.